The van der Waals surface area contributed by atoms with Crippen LogP contribution in [0.1, 0.15) is 80.8 Å². The van der Waals surface area contributed by atoms with Crippen LogP contribution in [0.2, 0.25) is 0 Å². The molecule has 0 saturated carbocycles. The summed E-state index contributed by atoms with van der Waals surface area (Å²) in [5.41, 5.74) is 6.81. The van der Waals surface area contributed by atoms with E-state index in [2.05, 4.69) is 71.0 Å². The largest absolute Gasteiger partial charge is 0.497 e. The molecule has 1 unspecified atom stereocenters. The zero-order valence-electron chi connectivity index (χ0n) is 26.7. The van der Waals surface area contributed by atoms with Gasteiger partial charge < -0.3 is 9.47 Å². The van der Waals surface area contributed by atoms with Gasteiger partial charge in [0.2, 0.25) is 0 Å². The maximum atomic E-state index is 15.1. The Morgan fingerprint density at radius 1 is 0.756 bits per heavy atom. The van der Waals surface area contributed by atoms with Crippen LogP contribution in [0.4, 0.5) is 8.78 Å². The molecule has 228 valence electrons. The normalized spacial score (nSPS) is 17.9. The van der Waals surface area contributed by atoms with Crippen LogP contribution in [0, 0.1) is 11.6 Å². The molecule has 1 aliphatic carbocycles. The maximum absolute atomic E-state index is 15.1. The predicted molar refractivity (Wildman–Crippen MR) is 179 cm³/mol. The molecule has 5 aromatic carbocycles. The molecular formula is C41H38F2O2. The van der Waals surface area contributed by atoms with Gasteiger partial charge in [0.15, 0.2) is 5.60 Å². The molecule has 1 heterocycles. The summed E-state index contributed by atoms with van der Waals surface area (Å²) in [6.45, 7) is 10.9. The van der Waals surface area contributed by atoms with Gasteiger partial charge in [0, 0.05) is 27.5 Å². The first-order chi connectivity index (χ1) is 21.6. The Balaban J connectivity index is 1.55. The lowest BCUT2D eigenvalue weighted by atomic mass is 9.71. The lowest BCUT2D eigenvalue weighted by Crippen LogP contribution is -2.35. The van der Waals surface area contributed by atoms with E-state index >= 15 is 4.39 Å². The minimum atomic E-state index is -0.984. The van der Waals surface area contributed by atoms with E-state index < -0.39 is 11.0 Å². The van der Waals surface area contributed by atoms with Crippen molar-refractivity contribution in [1.29, 1.82) is 0 Å². The molecule has 0 bridgehead atoms. The quantitative estimate of drug-likeness (QED) is 0.200. The maximum Gasteiger partial charge on any atom is 0.178 e. The summed E-state index contributed by atoms with van der Waals surface area (Å²) in [6, 6.07) is 26.6. The highest BCUT2D eigenvalue weighted by Gasteiger charge is 2.47. The minimum absolute atomic E-state index is 0.00589. The van der Waals surface area contributed by atoms with Gasteiger partial charge in [-0.2, -0.15) is 0 Å². The third-order valence-corrected chi connectivity index (χ3v) is 10.2. The van der Waals surface area contributed by atoms with Crippen molar-refractivity contribution in [3.05, 3.63) is 136 Å². The van der Waals surface area contributed by atoms with E-state index in [9.17, 15) is 4.39 Å². The number of fused-ring (bicyclic) bond motifs is 8. The van der Waals surface area contributed by atoms with Crippen LogP contribution in [0.5, 0.6) is 11.5 Å². The summed E-state index contributed by atoms with van der Waals surface area (Å²) < 4.78 is 42.8. The first-order valence-electron chi connectivity index (χ1n) is 15.8. The second kappa shape index (κ2) is 10.3. The Bertz CT molecular complexity index is 1980. The van der Waals surface area contributed by atoms with Gasteiger partial charge in [-0.15, -0.1) is 0 Å². The van der Waals surface area contributed by atoms with E-state index in [1.54, 1.807) is 19.2 Å². The average Bonchev–Trinajstić information content (AvgIpc) is 3.34. The highest BCUT2D eigenvalue weighted by molar-refractivity contribution is 6.08. The van der Waals surface area contributed by atoms with Crippen LogP contribution in [-0.4, -0.2) is 7.11 Å². The second-order valence-corrected chi connectivity index (χ2v) is 13.4. The fourth-order valence-corrected chi connectivity index (χ4v) is 7.67. The number of methoxy groups -OCH3 is 1. The molecule has 45 heavy (non-hydrogen) atoms. The summed E-state index contributed by atoms with van der Waals surface area (Å²) in [5, 5.41) is 1.61. The van der Waals surface area contributed by atoms with Gasteiger partial charge >= 0.3 is 0 Å². The third-order valence-electron chi connectivity index (χ3n) is 10.2. The highest BCUT2D eigenvalue weighted by atomic mass is 19.1. The summed E-state index contributed by atoms with van der Waals surface area (Å²) in [6.07, 6.45) is 5.87. The SMILES string of the molecule is CCC1(CC)c2cc(F)ccc2-c2c1c1c(c3cc(F)ccc23)OC(c2ccc(OC)cc2)(c2ccc(C(C)(C)C)cc2)C=C1. The smallest absolute Gasteiger partial charge is 0.178 e. The first kappa shape index (κ1) is 29.3. The van der Waals surface area contributed by atoms with Crippen molar-refractivity contribution in [2.45, 2.75) is 63.9 Å². The van der Waals surface area contributed by atoms with Crippen molar-refractivity contribution < 1.29 is 18.3 Å². The van der Waals surface area contributed by atoms with Gasteiger partial charge in [-0.3, -0.25) is 0 Å². The zero-order chi connectivity index (χ0) is 31.7. The van der Waals surface area contributed by atoms with Crippen molar-refractivity contribution >= 4 is 16.8 Å². The van der Waals surface area contributed by atoms with Gasteiger partial charge in [0.05, 0.1) is 7.11 Å². The van der Waals surface area contributed by atoms with Crippen LogP contribution in [0.25, 0.3) is 28.0 Å². The summed E-state index contributed by atoms with van der Waals surface area (Å²) >= 11 is 0. The molecule has 7 rings (SSSR count). The average molecular weight is 601 g/mol. The van der Waals surface area contributed by atoms with Crippen molar-refractivity contribution in [3.8, 4) is 22.6 Å². The highest BCUT2D eigenvalue weighted by Crippen LogP contribution is 2.60. The molecule has 0 saturated heterocycles. The summed E-state index contributed by atoms with van der Waals surface area (Å²) in [7, 11) is 1.65. The molecule has 0 N–H and O–H groups in total. The Morgan fingerprint density at radius 2 is 1.38 bits per heavy atom. The van der Waals surface area contributed by atoms with Gasteiger partial charge in [0.25, 0.3) is 0 Å². The third kappa shape index (κ3) is 4.25. The Morgan fingerprint density at radius 3 is 2.00 bits per heavy atom. The second-order valence-electron chi connectivity index (χ2n) is 13.4. The number of hydrogen-bond acceptors (Lipinski definition) is 2. The van der Waals surface area contributed by atoms with E-state index in [0.29, 0.717) is 11.1 Å². The number of halogens is 2. The predicted octanol–water partition coefficient (Wildman–Crippen LogP) is 10.9. The van der Waals surface area contributed by atoms with Gasteiger partial charge in [-0.05, 0) is 93.9 Å². The van der Waals surface area contributed by atoms with E-state index in [0.717, 1.165) is 62.9 Å². The van der Waals surface area contributed by atoms with Gasteiger partial charge in [0.1, 0.15) is 23.1 Å². The lowest BCUT2D eigenvalue weighted by Gasteiger charge is -2.39. The van der Waals surface area contributed by atoms with Crippen molar-refractivity contribution in [2.75, 3.05) is 7.11 Å². The molecule has 0 aromatic heterocycles. The molecule has 0 amide bonds. The monoisotopic (exact) mass is 600 g/mol. The first-order valence-corrected chi connectivity index (χ1v) is 15.8. The van der Waals surface area contributed by atoms with E-state index in [-0.39, 0.29) is 17.0 Å². The molecule has 1 atom stereocenters. The number of ether oxygens (including phenoxy) is 2. The molecule has 5 aromatic rings. The van der Waals surface area contributed by atoms with Gasteiger partial charge in [-0.1, -0.05) is 89.2 Å². The van der Waals surface area contributed by atoms with E-state index in [1.807, 2.05) is 36.4 Å². The lowest BCUT2D eigenvalue weighted by molar-refractivity contribution is 0.163. The van der Waals surface area contributed by atoms with Crippen molar-refractivity contribution in [2.24, 2.45) is 0 Å². The standard InChI is InChI=1S/C41H38F2O2/c1-7-40(8-2)35-24-29(43)16-20-32(35)36-31-19-15-28(42)23-34(31)38-33(37(36)40)21-22-41(45-38,27-13-17-30(44-6)18-14-27)26-11-9-25(10-12-26)39(3,4)5/h9-24H,7-8H2,1-6H3. The number of benzene rings is 5. The molecular weight excluding hydrogens is 562 g/mol. The number of hydrogen-bond donors (Lipinski definition) is 0. The Hall–Kier alpha value is -4.44. The fourth-order valence-electron chi connectivity index (χ4n) is 7.67. The van der Waals surface area contributed by atoms with E-state index in [1.165, 1.54) is 17.7 Å². The van der Waals surface area contributed by atoms with Crippen molar-refractivity contribution in [3.63, 3.8) is 0 Å². The van der Waals surface area contributed by atoms with E-state index in [4.69, 9.17) is 9.47 Å². The number of rotatable bonds is 5. The molecule has 0 spiro atoms. The van der Waals surface area contributed by atoms with Crippen LogP contribution in [0.15, 0.2) is 91.0 Å². The molecule has 1 aliphatic heterocycles. The van der Waals surface area contributed by atoms with Crippen molar-refractivity contribution in [1.82, 2.24) is 0 Å². The van der Waals surface area contributed by atoms with Crippen LogP contribution >= 0.6 is 0 Å². The Kier molecular flexibility index (Phi) is 6.70. The summed E-state index contributed by atoms with van der Waals surface area (Å²) in [5.74, 6) is 0.812. The van der Waals surface area contributed by atoms with Crippen LogP contribution in [-0.2, 0) is 16.4 Å². The molecule has 2 aliphatic rings. The minimum Gasteiger partial charge on any atom is -0.497 e. The molecule has 4 heteroatoms. The van der Waals surface area contributed by atoms with Crippen LogP contribution in [0.3, 0.4) is 0 Å². The zero-order valence-corrected chi connectivity index (χ0v) is 26.7. The molecule has 0 fully saturated rings. The molecule has 0 radical (unpaired) electrons. The van der Waals surface area contributed by atoms with Gasteiger partial charge in [-0.25, -0.2) is 8.78 Å². The summed E-state index contributed by atoms with van der Waals surface area (Å²) in [4.78, 5) is 0. The van der Waals surface area contributed by atoms with Crippen LogP contribution < -0.4 is 9.47 Å². The topological polar surface area (TPSA) is 18.5 Å². The molecule has 2 nitrogen and oxygen atoms in total. The Labute approximate surface area is 264 Å². The fraction of sp³-hybridized carbons (Fsp3) is 0.268.